The van der Waals surface area contributed by atoms with Gasteiger partial charge in [-0.05, 0) is 23.5 Å². The van der Waals surface area contributed by atoms with Crippen LogP contribution in [0.3, 0.4) is 0 Å². The molecule has 0 fully saturated rings. The van der Waals surface area contributed by atoms with E-state index in [-0.39, 0.29) is 5.82 Å². The Hall–Kier alpha value is -3.04. The second kappa shape index (κ2) is 5.39. The Balaban J connectivity index is 2.09. The van der Waals surface area contributed by atoms with E-state index in [2.05, 4.69) is 32.5 Å². The van der Waals surface area contributed by atoms with Gasteiger partial charge in [0.2, 0.25) is 5.82 Å². The lowest BCUT2D eigenvalue weighted by Crippen LogP contribution is -2.06. The Morgan fingerprint density at radius 2 is 2.14 bits per heavy atom. The molecule has 0 aliphatic rings. The molecular weight excluding hydrogens is 288 g/mol. The zero-order valence-corrected chi connectivity index (χ0v) is 12.1. The highest BCUT2D eigenvalue weighted by atomic mass is 16.6. The van der Waals surface area contributed by atoms with Gasteiger partial charge in [-0.15, -0.1) is 15.3 Å². The molecule has 0 aliphatic heterocycles. The van der Waals surface area contributed by atoms with Gasteiger partial charge in [-0.25, -0.2) is 9.55 Å². The number of imidazole rings is 1. The molecular formula is C12H14N8O2. The summed E-state index contributed by atoms with van der Waals surface area (Å²) >= 11 is 0. The molecule has 10 heteroatoms. The van der Waals surface area contributed by atoms with Crippen LogP contribution in [0.1, 0.15) is 13.3 Å². The molecule has 0 radical (unpaired) electrons. The highest BCUT2D eigenvalue weighted by Gasteiger charge is 2.23. The van der Waals surface area contributed by atoms with Crippen molar-refractivity contribution >= 4 is 17.3 Å². The van der Waals surface area contributed by atoms with E-state index in [9.17, 15) is 10.1 Å². The van der Waals surface area contributed by atoms with Gasteiger partial charge in [-0.3, -0.25) is 0 Å². The summed E-state index contributed by atoms with van der Waals surface area (Å²) in [7, 11) is 1.56. The molecule has 0 saturated carbocycles. The number of fused-ring (bicyclic) bond motifs is 1. The molecule has 0 spiro atoms. The average Bonchev–Trinajstić information content (AvgIpc) is 3.07. The maximum atomic E-state index is 10.9. The summed E-state index contributed by atoms with van der Waals surface area (Å²) in [6.45, 7) is 2.85. The minimum atomic E-state index is -0.499. The first-order valence-electron chi connectivity index (χ1n) is 6.74. The van der Waals surface area contributed by atoms with E-state index in [1.165, 1.54) is 15.3 Å². The zero-order valence-electron chi connectivity index (χ0n) is 12.1. The monoisotopic (exact) mass is 302 g/mol. The third-order valence-corrected chi connectivity index (χ3v) is 3.17. The number of nitro groups is 1. The van der Waals surface area contributed by atoms with Gasteiger partial charge in [0.05, 0.1) is 7.05 Å². The number of nitrogens with one attached hydrogen (secondary N) is 1. The van der Waals surface area contributed by atoms with Crippen molar-refractivity contribution in [1.29, 1.82) is 0 Å². The number of nitrogens with zero attached hydrogens (tertiary/aromatic N) is 7. The number of hydrogen-bond donors (Lipinski definition) is 1. The lowest BCUT2D eigenvalue weighted by Gasteiger charge is -2.04. The predicted octanol–water partition coefficient (Wildman–Crippen LogP) is 1.25. The fraction of sp³-hybridized carbons (Fsp3) is 0.333. The molecule has 22 heavy (non-hydrogen) atoms. The smallest absolute Gasteiger partial charge is 0.343 e. The Bertz CT molecular complexity index is 837. The third kappa shape index (κ3) is 2.24. The van der Waals surface area contributed by atoms with E-state index in [0.29, 0.717) is 23.1 Å². The van der Waals surface area contributed by atoms with Gasteiger partial charge in [0.25, 0.3) is 5.82 Å². The summed E-state index contributed by atoms with van der Waals surface area (Å²) in [5, 5.41) is 26.5. The van der Waals surface area contributed by atoms with Crippen molar-refractivity contribution < 1.29 is 4.92 Å². The Morgan fingerprint density at radius 1 is 1.32 bits per heavy atom. The lowest BCUT2D eigenvalue weighted by molar-refractivity contribution is -0.391. The molecule has 0 aliphatic carbocycles. The molecule has 114 valence electrons. The topological polar surface area (TPSA) is 116 Å². The molecule has 0 saturated heterocycles. The molecule has 3 heterocycles. The van der Waals surface area contributed by atoms with Crippen molar-refractivity contribution in [3.05, 3.63) is 28.4 Å². The van der Waals surface area contributed by atoms with Crippen molar-refractivity contribution in [2.24, 2.45) is 7.05 Å². The highest BCUT2D eigenvalue weighted by Crippen LogP contribution is 2.21. The van der Waals surface area contributed by atoms with Crippen LogP contribution < -0.4 is 5.32 Å². The molecule has 0 bridgehead atoms. The van der Waals surface area contributed by atoms with Gasteiger partial charge >= 0.3 is 5.82 Å². The molecule has 1 N–H and O–H groups in total. The maximum Gasteiger partial charge on any atom is 0.343 e. The fourth-order valence-electron chi connectivity index (χ4n) is 2.05. The molecule has 0 atom stereocenters. The van der Waals surface area contributed by atoms with E-state index in [0.717, 1.165) is 13.0 Å². The van der Waals surface area contributed by atoms with Crippen molar-refractivity contribution in [3.63, 3.8) is 0 Å². The van der Waals surface area contributed by atoms with E-state index in [1.54, 1.807) is 13.1 Å². The van der Waals surface area contributed by atoms with Gasteiger partial charge in [0, 0.05) is 6.54 Å². The van der Waals surface area contributed by atoms with Gasteiger partial charge in [-0.1, -0.05) is 6.92 Å². The summed E-state index contributed by atoms with van der Waals surface area (Å²) in [4.78, 5) is 14.5. The first-order chi connectivity index (χ1) is 10.6. The summed E-state index contributed by atoms with van der Waals surface area (Å²) in [5.74, 6) is 1.25. The summed E-state index contributed by atoms with van der Waals surface area (Å²) in [6.07, 6.45) is 2.16. The van der Waals surface area contributed by atoms with Gasteiger partial charge in [0.15, 0.2) is 5.65 Å². The molecule has 3 rings (SSSR count). The van der Waals surface area contributed by atoms with Crippen LogP contribution in [0.5, 0.6) is 0 Å². The molecule has 10 nitrogen and oxygen atoms in total. The van der Waals surface area contributed by atoms with Gasteiger partial charge < -0.3 is 15.4 Å². The number of aromatic nitrogens is 6. The second-order valence-corrected chi connectivity index (χ2v) is 4.70. The summed E-state index contributed by atoms with van der Waals surface area (Å²) in [6, 6.07) is 3.59. The Kier molecular flexibility index (Phi) is 3.41. The van der Waals surface area contributed by atoms with E-state index >= 15 is 0 Å². The van der Waals surface area contributed by atoms with Crippen LogP contribution in [0.4, 0.5) is 11.6 Å². The Morgan fingerprint density at radius 3 is 2.82 bits per heavy atom. The minimum absolute atomic E-state index is 0.119. The van der Waals surface area contributed by atoms with Gasteiger partial charge in [0.1, 0.15) is 12.0 Å². The van der Waals surface area contributed by atoms with Crippen LogP contribution in [-0.2, 0) is 7.05 Å². The van der Waals surface area contributed by atoms with Crippen LogP contribution in [0.25, 0.3) is 17.3 Å². The van der Waals surface area contributed by atoms with Crippen molar-refractivity contribution in [3.8, 4) is 11.6 Å². The summed E-state index contributed by atoms with van der Waals surface area (Å²) < 4.78 is 2.87. The summed E-state index contributed by atoms with van der Waals surface area (Å²) in [5.41, 5.74) is 0.544. The van der Waals surface area contributed by atoms with Crippen molar-refractivity contribution in [2.45, 2.75) is 13.3 Å². The number of hydrogen-bond acceptors (Lipinski definition) is 7. The minimum Gasteiger partial charge on any atom is -0.369 e. The third-order valence-electron chi connectivity index (χ3n) is 3.17. The molecule has 0 amide bonds. The van der Waals surface area contributed by atoms with Crippen molar-refractivity contribution in [2.75, 3.05) is 11.9 Å². The first kappa shape index (κ1) is 13.9. The van der Waals surface area contributed by atoms with E-state index in [4.69, 9.17) is 0 Å². The van der Waals surface area contributed by atoms with E-state index in [1.807, 2.05) is 6.07 Å². The quantitative estimate of drug-likeness (QED) is 0.557. The number of rotatable bonds is 5. The van der Waals surface area contributed by atoms with Gasteiger partial charge in [-0.2, -0.15) is 4.52 Å². The predicted molar refractivity (Wildman–Crippen MR) is 78.4 cm³/mol. The average molecular weight is 302 g/mol. The Labute approximate surface area is 125 Å². The van der Waals surface area contributed by atoms with Crippen LogP contribution >= 0.6 is 0 Å². The lowest BCUT2D eigenvalue weighted by atomic mass is 10.4. The zero-order chi connectivity index (χ0) is 15.7. The standard InChI is InChI=1S/C12H14N8O2/c1-3-6-13-8-4-5-9-15-16-12(19(9)17-8)11-14-7-10(18(11)2)20(21)22/h4-5,7H,3,6H2,1-2H3,(H,13,17). The molecule has 3 aromatic heterocycles. The maximum absolute atomic E-state index is 10.9. The van der Waals surface area contributed by atoms with Crippen LogP contribution in [-0.4, -0.2) is 40.8 Å². The second-order valence-electron chi connectivity index (χ2n) is 4.70. The molecule has 0 unspecified atom stereocenters. The normalized spacial score (nSPS) is 11.0. The van der Waals surface area contributed by atoms with Crippen molar-refractivity contribution in [1.82, 2.24) is 29.4 Å². The van der Waals surface area contributed by atoms with Crippen LogP contribution in [0, 0.1) is 10.1 Å². The molecule has 0 aromatic carbocycles. The number of anilines is 1. The van der Waals surface area contributed by atoms with Crippen LogP contribution in [0.2, 0.25) is 0 Å². The van der Waals surface area contributed by atoms with E-state index < -0.39 is 4.92 Å². The SMILES string of the molecule is CCCNc1ccc2nnc(-c3ncc([N+](=O)[O-])n3C)n2n1. The fourth-order valence-corrected chi connectivity index (χ4v) is 2.05. The first-order valence-corrected chi connectivity index (χ1v) is 6.74. The highest BCUT2D eigenvalue weighted by molar-refractivity contribution is 5.54. The van der Waals surface area contributed by atoms with Crippen LogP contribution in [0.15, 0.2) is 18.3 Å². The molecule has 3 aromatic rings. The largest absolute Gasteiger partial charge is 0.369 e.